The number of halogens is 1. The van der Waals surface area contributed by atoms with Crippen molar-refractivity contribution in [3.05, 3.63) is 35.7 Å². The average molecular weight is 316 g/mol. The van der Waals surface area contributed by atoms with E-state index in [0.29, 0.717) is 12.2 Å². The fraction of sp³-hybridized carbons (Fsp3) is 0.231. The van der Waals surface area contributed by atoms with Crippen LogP contribution in [-0.4, -0.2) is 15.0 Å². The highest BCUT2D eigenvalue weighted by Crippen LogP contribution is 2.37. The number of para-hydroxylation sites is 1. The second kappa shape index (κ2) is 5.94. The van der Waals surface area contributed by atoms with Crippen molar-refractivity contribution in [2.45, 2.75) is 18.2 Å². The third-order valence-corrected chi connectivity index (χ3v) is 4.89. The van der Waals surface area contributed by atoms with Crippen LogP contribution in [0.2, 0.25) is 0 Å². The fourth-order valence-electron chi connectivity index (χ4n) is 1.80. The number of benzene rings is 1. The molecule has 2 aromatic rings. The van der Waals surface area contributed by atoms with Gasteiger partial charge in [-0.1, -0.05) is 25.1 Å². The maximum atomic E-state index is 11.7. The molecule has 0 saturated heterocycles. The van der Waals surface area contributed by atoms with E-state index in [1.165, 1.54) is 6.07 Å². The predicted octanol–water partition coefficient (Wildman–Crippen LogP) is 4.16. The van der Waals surface area contributed by atoms with E-state index < -0.39 is 9.05 Å². The molecule has 0 atom stereocenters. The van der Waals surface area contributed by atoms with Gasteiger partial charge in [-0.3, -0.25) is 0 Å². The van der Waals surface area contributed by atoms with Gasteiger partial charge in [0, 0.05) is 27.7 Å². The molecule has 0 aliphatic heterocycles. The zero-order valence-corrected chi connectivity index (χ0v) is 12.8. The third kappa shape index (κ3) is 3.29. The summed E-state index contributed by atoms with van der Waals surface area (Å²) in [5.74, 6) is 0. The van der Waals surface area contributed by atoms with Crippen molar-refractivity contribution in [1.82, 2.24) is 0 Å². The Balaban J connectivity index is 2.60. The van der Waals surface area contributed by atoms with Gasteiger partial charge in [0.15, 0.2) is 0 Å². The smallest absolute Gasteiger partial charge is 0.263 e. The molecule has 1 N–H and O–H groups in total. The van der Waals surface area contributed by atoms with Crippen LogP contribution < -0.4 is 5.32 Å². The highest BCUT2D eigenvalue weighted by Gasteiger charge is 2.19. The van der Waals surface area contributed by atoms with E-state index in [-0.39, 0.29) is 4.90 Å². The molecule has 0 fully saturated rings. The molecule has 0 unspecified atom stereocenters. The number of hydrogen-bond acceptors (Lipinski definition) is 4. The minimum absolute atomic E-state index is 0.133. The van der Waals surface area contributed by atoms with E-state index in [0.717, 1.165) is 16.9 Å². The molecular weight excluding hydrogens is 302 g/mol. The van der Waals surface area contributed by atoms with E-state index in [4.69, 9.17) is 10.7 Å². The monoisotopic (exact) mass is 315 g/mol. The van der Waals surface area contributed by atoms with Gasteiger partial charge in [0.1, 0.15) is 4.90 Å². The molecule has 102 valence electrons. The summed E-state index contributed by atoms with van der Waals surface area (Å²) in [5, 5.41) is 5.13. The summed E-state index contributed by atoms with van der Waals surface area (Å²) in [5.41, 5.74) is 1.45. The van der Waals surface area contributed by atoms with E-state index in [1.807, 2.05) is 30.5 Å². The lowest BCUT2D eigenvalue weighted by Gasteiger charge is -2.13. The third-order valence-electron chi connectivity index (χ3n) is 2.63. The van der Waals surface area contributed by atoms with Gasteiger partial charge in [-0.2, -0.15) is 0 Å². The first kappa shape index (κ1) is 14.4. The molecule has 0 amide bonds. The van der Waals surface area contributed by atoms with Gasteiger partial charge in [0.2, 0.25) is 0 Å². The number of thiophene rings is 1. The van der Waals surface area contributed by atoms with Crippen LogP contribution >= 0.6 is 22.0 Å². The van der Waals surface area contributed by atoms with Crippen molar-refractivity contribution < 1.29 is 8.42 Å². The van der Waals surface area contributed by atoms with Crippen LogP contribution in [0.3, 0.4) is 0 Å². The lowest BCUT2D eigenvalue weighted by Crippen LogP contribution is -2.06. The van der Waals surface area contributed by atoms with Crippen molar-refractivity contribution >= 4 is 36.8 Å². The summed E-state index contributed by atoms with van der Waals surface area (Å²) >= 11 is 1.57. The molecule has 2 rings (SSSR count). The van der Waals surface area contributed by atoms with Crippen molar-refractivity contribution in [2.24, 2.45) is 0 Å². The van der Waals surface area contributed by atoms with E-state index in [1.54, 1.807) is 17.4 Å². The summed E-state index contributed by atoms with van der Waals surface area (Å²) in [7, 11) is 1.75. The highest BCUT2D eigenvalue weighted by molar-refractivity contribution is 8.13. The standard InChI is InChI=1S/C13H14ClNO2S2/c1-2-8-15-13-10(11-6-4-9-18-11)5-3-7-12(13)19(14,16)17/h3-7,9,15H,2,8H2,1H3. The van der Waals surface area contributed by atoms with Gasteiger partial charge >= 0.3 is 0 Å². The quantitative estimate of drug-likeness (QED) is 0.842. The Morgan fingerprint density at radius 3 is 2.63 bits per heavy atom. The zero-order chi connectivity index (χ0) is 13.9. The molecule has 0 spiro atoms. The van der Waals surface area contributed by atoms with Gasteiger partial charge < -0.3 is 5.32 Å². The Hall–Kier alpha value is -1.04. The average Bonchev–Trinajstić information content (AvgIpc) is 2.88. The molecule has 1 aromatic heterocycles. The van der Waals surface area contributed by atoms with Crippen molar-refractivity contribution in [2.75, 3.05) is 11.9 Å². The van der Waals surface area contributed by atoms with Gasteiger partial charge in [0.05, 0.1) is 5.69 Å². The molecule has 1 heterocycles. The molecule has 3 nitrogen and oxygen atoms in total. The summed E-state index contributed by atoms with van der Waals surface area (Å²) in [6.45, 7) is 2.72. The lowest BCUT2D eigenvalue weighted by atomic mass is 10.1. The van der Waals surface area contributed by atoms with E-state index in [9.17, 15) is 8.42 Å². The van der Waals surface area contributed by atoms with Crippen molar-refractivity contribution in [3.63, 3.8) is 0 Å². The molecule has 1 aromatic carbocycles. The molecule has 0 radical (unpaired) electrons. The summed E-state index contributed by atoms with van der Waals surface area (Å²) in [6.07, 6.45) is 0.903. The Morgan fingerprint density at radius 1 is 1.26 bits per heavy atom. The van der Waals surface area contributed by atoms with Crippen LogP contribution in [0.4, 0.5) is 5.69 Å². The second-order valence-corrected chi connectivity index (χ2v) is 7.50. The van der Waals surface area contributed by atoms with Crippen LogP contribution in [0, 0.1) is 0 Å². The normalized spacial score (nSPS) is 11.5. The summed E-state index contributed by atoms with van der Waals surface area (Å²) in [6, 6.07) is 9.03. The van der Waals surface area contributed by atoms with Crippen LogP contribution in [0.1, 0.15) is 13.3 Å². The number of hydrogen-bond donors (Lipinski definition) is 1. The molecule has 0 bridgehead atoms. The van der Waals surface area contributed by atoms with Crippen molar-refractivity contribution in [1.29, 1.82) is 0 Å². The van der Waals surface area contributed by atoms with Crippen LogP contribution in [0.25, 0.3) is 10.4 Å². The number of nitrogens with one attached hydrogen (secondary N) is 1. The van der Waals surface area contributed by atoms with Crippen LogP contribution in [-0.2, 0) is 9.05 Å². The molecule has 0 aliphatic rings. The predicted molar refractivity (Wildman–Crippen MR) is 81.6 cm³/mol. The second-order valence-electron chi connectivity index (χ2n) is 4.02. The number of anilines is 1. The van der Waals surface area contributed by atoms with Crippen molar-refractivity contribution in [3.8, 4) is 10.4 Å². The van der Waals surface area contributed by atoms with Gasteiger partial charge in [-0.15, -0.1) is 11.3 Å². The molecule has 0 aliphatic carbocycles. The molecule has 6 heteroatoms. The summed E-state index contributed by atoms with van der Waals surface area (Å²) in [4.78, 5) is 1.15. The Labute approximate surface area is 121 Å². The fourth-order valence-corrected chi connectivity index (χ4v) is 3.61. The lowest BCUT2D eigenvalue weighted by molar-refractivity contribution is 0.610. The Morgan fingerprint density at radius 2 is 2.05 bits per heavy atom. The maximum absolute atomic E-state index is 11.7. The Kier molecular flexibility index (Phi) is 4.50. The SMILES string of the molecule is CCCNc1c(-c2cccs2)cccc1S(=O)(=O)Cl. The first-order chi connectivity index (χ1) is 9.04. The topological polar surface area (TPSA) is 46.2 Å². The van der Waals surface area contributed by atoms with Gasteiger partial charge in [-0.25, -0.2) is 8.42 Å². The number of rotatable bonds is 5. The van der Waals surface area contributed by atoms with Gasteiger partial charge in [0.25, 0.3) is 9.05 Å². The molecule has 0 saturated carbocycles. The van der Waals surface area contributed by atoms with Crippen LogP contribution in [0.15, 0.2) is 40.6 Å². The minimum Gasteiger partial charge on any atom is -0.383 e. The molecule has 19 heavy (non-hydrogen) atoms. The first-order valence-corrected chi connectivity index (χ1v) is 9.08. The summed E-state index contributed by atoms with van der Waals surface area (Å²) < 4.78 is 23.3. The van der Waals surface area contributed by atoms with Gasteiger partial charge in [-0.05, 0) is 23.9 Å². The van der Waals surface area contributed by atoms with E-state index in [2.05, 4.69) is 5.32 Å². The van der Waals surface area contributed by atoms with E-state index >= 15 is 0 Å². The van der Waals surface area contributed by atoms with Crippen LogP contribution in [0.5, 0.6) is 0 Å². The maximum Gasteiger partial charge on any atom is 0.263 e. The first-order valence-electron chi connectivity index (χ1n) is 5.89. The minimum atomic E-state index is -3.76. The molecular formula is C13H14ClNO2S2. The Bertz CT molecular complexity index is 651. The largest absolute Gasteiger partial charge is 0.383 e. The zero-order valence-electron chi connectivity index (χ0n) is 10.4. The highest BCUT2D eigenvalue weighted by atomic mass is 35.7.